The number of para-hydroxylation sites is 1. The molecule has 0 spiro atoms. The molecule has 0 heterocycles. The molecule has 0 fully saturated rings. The Bertz CT molecular complexity index is 349. The summed E-state index contributed by atoms with van der Waals surface area (Å²) in [6, 6.07) is 5.16. The molecule has 4 heteroatoms. The van der Waals surface area contributed by atoms with Gasteiger partial charge in [0.1, 0.15) is 0 Å². The number of rotatable bonds is 3. The van der Waals surface area contributed by atoms with Crippen molar-refractivity contribution in [2.75, 3.05) is 24.2 Å². The van der Waals surface area contributed by atoms with Gasteiger partial charge in [0.2, 0.25) is 0 Å². The number of nitrogens with zero attached hydrogens (tertiary/aromatic N) is 1. The van der Waals surface area contributed by atoms with Gasteiger partial charge in [-0.05, 0) is 19.1 Å². The maximum atomic E-state index is 11.1. The second kappa shape index (κ2) is 4.00. The third-order valence-corrected chi connectivity index (χ3v) is 2.19. The van der Waals surface area contributed by atoms with Crippen LogP contribution in [0.5, 0.6) is 0 Å². The summed E-state index contributed by atoms with van der Waals surface area (Å²) >= 11 is 0. The Hall–Kier alpha value is -1.71. The summed E-state index contributed by atoms with van der Waals surface area (Å²) in [5, 5.41) is 0. The van der Waals surface area contributed by atoms with Crippen LogP contribution in [0.3, 0.4) is 0 Å². The van der Waals surface area contributed by atoms with Crippen LogP contribution >= 0.6 is 0 Å². The Labute approximate surface area is 83.5 Å². The minimum Gasteiger partial charge on any atom is -0.397 e. The largest absolute Gasteiger partial charge is 0.397 e. The minimum atomic E-state index is -0.451. The van der Waals surface area contributed by atoms with E-state index in [9.17, 15) is 4.79 Å². The van der Waals surface area contributed by atoms with Crippen molar-refractivity contribution in [1.82, 2.24) is 0 Å². The third-order valence-electron chi connectivity index (χ3n) is 2.19. The lowest BCUT2D eigenvalue weighted by molar-refractivity contribution is 0.100. The fourth-order valence-electron chi connectivity index (χ4n) is 1.34. The van der Waals surface area contributed by atoms with Crippen molar-refractivity contribution in [3.63, 3.8) is 0 Å². The van der Waals surface area contributed by atoms with E-state index in [1.807, 2.05) is 18.9 Å². The van der Waals surface area contributed by atoms with Gasteiger partial charge in [-0.1, -0.05) is 6.07 Å². The van der Waals surface area contributed by atoms with E-state index in [-0.39, 0.29) is 0 Å². The highest BCUT2D eigenvalue weighted by Gasteiger charge is 2.13. The molecule has 76 valence electrons. The monoisotopic (exact) mass is 193 g/mol. The van der Waals surface area contributed by atoms with Crippen LogP contribution in [0.25, 0.3) is 0 Å². The molecule has 0 atom stereocenters. The van der Waals surface area contributed by atoms with Crippen LogP contribution in [0.2, 0.25) is 0 Å². The molecule has 14 heavy (non-hydrogen) atoms. The van der Waals surface area contributed by atoms with Crippen molar-refractivity contribution in [3.8, 4) is 0 Å². The van der Waals surface area contributed by atoms with Gasteiger partial charge in [0.05, 0.1) is 16.9 Å². The van der Waals surface area contributed by atoms with E-state index in [0.29, 0.717) is 16.9 Å². The first-order chi connectivity index (χ1) is 6.57. The first kappa shape index (κ1) is 10.4. The molecule has 0 saturated heterocycles. The second-order valence-electron chi connectivity index (χ2n) is 3.12. The highest BCUT2D eigenvalue weighted by molar-refractivity contribution is 6.01. The molecule has 0 aliphatic rings. The van der Waals surface area contributed by atoms with Crippen molar-refractivity contribution in [3.05, 3.63) is 23.8 Å². The number of amides is 1. The molecule has 0 aliphatic carbocycles. The maximum absolute atomic E-state index is 11.1. The summed E-state index contributed by atoms with van der Waals surface area (Å²) < 4.78 is 0. The second-order valence-corrected chi connectivity index (χ2v) is 3.12. The quantitative estimate of drug-likeness (QED) is 0.698. The van der Waals surface area contributed by atoms with Crippen LogP contribution in [-0.2, 0) is 0 Å². The van der Waals surface area contributed by atoms with Gasteiger partial charge in [-0.3, -0.25) is 4.79 Å². The van der Waals surface area contributed by atoms with Gasteiger partial charge in [0.25, 0.3) is 5.91 Å². The summed E-state index contributed by atoms with van der Waals surface area (Å²) in [5.74, 6) is -0.451. The van der Waals surface area contributed by atoms with E-state index in [2.05, 4.69) is 0 Å². The van der Waals surface area contributed by atoms with Crippen molar-refractivity contribution in [2.24, 2.45) is 5.73 Å². The van der Waals surface area contributed by atoms with Crippen LogP contribution in [0, 0.1) is 0 Å². The predicted octanol–water partition coefficient (Wildman–Crippen LogP) is 0.824. The molecule has 1 amide bonds. The molecule has 4 N–H and O–H groups in total. The number of hydrogen-bond acceptors (Lipinski definition) is 3. The normalized spacial score (nSPS) is 9.86. The van der Waals surface area contributed by atoms with E-state index in [0.717, 1.165) is 6.54 Å². The number of nitrogens with two attached hydrogens (primary N) is 2. The van der Waals surface area contributed by atoms with E-state index < -0.39 is 5.91 Å². The van der Waals surface area contributed by atoms with Crippen molar-refractivity contribution < 1.29 is 4.79 Å². The van der Waals surface area contributed by atoms with Gasteiger partial charge in [0.15, 0.2) is 0 Å². The molecule has 0 saturated carbocycles. The van der Waals surface area contributed by atoms with Crippen molar-refractivity contribution in [2.45, 2.75) is 6.92 Å². The number of nitrogen functional groups attached to an aromatic ring is 1. The minimum absolute atomic E-state index is 0.451. The number of carbonyl (C=O) groups excluding carboxylic acids is 1. The van der Waals surface area contributed by atoms with Crippen LogP contribution < -0.4 is 16.4 Å². The van der Waals surface area contributed by atoms with Gasteiger partial charge in [-0.2, -0.15) is 0 Å². The number of anilines is 2. The van der Waals surface area contributed by atoms with Gasteiger partial charge >= 0.3 is 0 Å². The molecule has 1 aromatic rings. The summed E-state index contributed by atoms with van der Waals surface area (Å²) in [5.41, 5.74) is 12.8. The van der Waals surface area contributed by atoms with E-state index in [1.54, 1.807) is 18.2 Å². The van der Waals surface area contributed by atoms with Gasteiger partial charge in [-0.15, -0.1) is 0 Å². The summed E-state index contributed by atoms with van der Waals surface area (Å²) in [6.07, 6.45) is 0. The molecule has 1 rings (SSSR count). The molecule has 0 aliphatic heterocycles. The smallest absolute Gasteiger partial charge is 0.250 e. The summed E-state index contributed by atoms with van der Waals surface area (Å²) in [7, 11) is 1.87. The first-order valence-corrected chi connectivity index (χ1v) is 4.47. The van der Waals surface area contributed by atoms with Gasteiger partial charge in [-0.25, -0.2) is 0 Å². The number of hydrogen-bond donors (Lipinski definition) is 2. The molecule has 0 bridgehead atoms. The Morgan fingerprint density at radius 1 is 1.50 bits per heavy atom. The SMILES string of the molecule is CCN(C)c1c(N)cccc1C(N)=O. The number of primary amides is 1. The number of benzene rings is 1. The third kappa shape index (κ3) is 1.79. The summed E-state index contributed by atoms with van der Waals surface area (Å²) in [4.78, 5) is 13.0. The predicted molar refractivity (Wildman–Crippen MR) is 58.3 cm³/mol. The molecular formula is C10H15N3O. The van der Waals surface area contributed by atoms with E-state index >= 15 is 0 Å². The Balaban J connectivity index is 3.29. The lowest BCUT2D eigenvalue weighted by Crippen LogP contribution is -2.23. The van der Waals surface area contributed by atoms with Crippen LogP contribution in [0.15, 0.2) is 18.2 Å². The lowest BCUT2D eigenvalue weighted by Gasteiger charge is -2.21. The lowest BCUT2D eigenvalue weighted by atomic mass is 10.1. The maximum Gasteiger partial charge on any atom is 0.250 e. The van der Waals surface area contributed by atoms with Gasteiger partial charge in [0, 0.05) is 13.6 Å². The fraction of sp³-hybridized carbons (Fsp3) is 0.300. The molecule has 1 aromatic carbocycles. The average molecular weight is 193 g/mol. The highest BCUT2D eigenvalue weighted by atomic mass is 16.1. The van der Waals surface area contributed by atoms with Crippen LogP contribution in [0.1, 0.15) is 17.3 Å². The summed E-state index contributed by atoms with van der Waals surface area (Å²) in [6.45, 7) is 2.76. The zero-order valence-corrected chi connectivity index (χ0v) is 8.45. The van der Waals surface area contributed by atoms with E-state index in [4.69, 9.17) is 11.5 Å². The topological polar surface area (TPSA) is 72.3 Å². The molecule has 0 radical (unpaired) electrons. The Kier molecular flexibility index (Phi) is 2.96. The number of carbonyl (C=O) groups is 1. The van der Waals surface area contributed by atoms with Gasteiger partial charge < -0.3 is 16.4 Å². The Morgan fingerprint density at radius 3 is 2.64 bits per heavy atom. The van der Waals surface area contributed by atoms with Crippen LogP contribution in [-0.4, -0.2) is 19.5 Å². The van der Waals surface area contributed by atoms with Crippen molar-refractivity contribution in [1.29, 1.82) is 0 Å². The molecule has 0 aromatic heterocycles. The highest BCUT2D eigenvalue weighted by Crippen LogP contribution is 2.26. The average Bonchev–Trinajstić information content (AvgIpc) is 2.16. The van der Waals surface area contributed by atoms with Crippen molar-refractivity contribution >= 4 is 17.3 Å². The molecular weight excluding hydrogens is 178 g/mol. The molecule has 4 nitrogen and oxygen atoms in total. The fourth-order valence-corrected chi connectivity index (χ4v) is 1.34. The first-order valence-electron chi connectivity index (χ1n) is 4.47. The van der Waals surface area contributed by atoms with Crippen LogP contribution in [0.4, 0.5) is 11.4 Å². The Morgan fingerprint density at radius 2 is 2.14 bits per heavy atom. The standard InChI is InChI=1S/C10H15N3O/c1-3-13(2)9-7(10(12)14)5-4-6-8(9)11/h4-6H,3,11H2,1-2H3,(H2,12,14). The zero-order valence-electron chi connectivity index (χ0n) is 8.45. The van der Waals surface area contributed by atoms with E-state index in [1.165, 1.54) is 0 Å². The zero-order chi connectivity index (χ0) is 10.7. The molecule has 0 unspecified atom stereocenters.